The molecule has 240 valence electrons. The van der Waals surface area contributed by atoms with Crippen LogP contribution in [0.3, 0.4) is 0 Å². The lowest BCUT2D eigenvalue weighted by Gasteiger charge is -2.36. The van der Waals surface area contributed by atoms with Gasteiger partial charge in [0.25, 0.3) is 0 Å². The second kappa shape index (κ2) is 13.4. The first kappa shape index (κ1) is 33.6. The maximum absolute atomic E-state index is 13.6. The molecule has 1 N–H and O–H groups in total. The normalized spacial score (nSPS) is 14.6. The summed E-state index contributed by atoms with van der Waals surface area (Å²) >= 11 is 0. The van der Waals surface area contributed by atoms with Crippen LogP contribution in [0.1, 0.15) is 35.2 Å². The number of nitrogens with zero attached hydrogens (tertiary/aromatic N) is 5. The summed E-state index contributed by atoms with van der Waals surface area (Å²) in [5.41, 5.74) is 0.395. The summed E-state index contributed by atoms with van der Waals surface area (Å²) < 4.78 is 76.2. The molecule has 0 fully saturated rings. The molecule has 1 atom stereocenters. The molecule has 0 saturated heterocycles. The van der Waals surface area contributed by atoms with Gasteiger partial charge in [0.05, 0.1) is 40.0 Å². The molecule has 1 aliphatic rings. The maximum Gasteiger partial charge on any atom is 0.416 e. The minimum Gasteiger partial charge on any atom is -0.748 e. The van der Waals surface area contributed by atoms with Gasteiger partial charge in [-0.25, -0.2) is 32.2 Å². The van der Waals surface area contributed by atoms with Gasteiger partial charge in [-0.3, -0.25) is 4.90 Å². The number of aromatic amines is 1. The van der Waals surface area contributed by atoms with Gasteiger partial charge in [0.15, 0.2) is 18.9 Å². The van der Waals surface area contributed by atoms with Crippen molar-refractivity contribution in [1.82, 2.24) is 14.8 Å². The summed E-state index contributed by atoms with van der Waals surface area (Å²) in [6.45, 7) is 2.10. The van der Waals surface area contributed by atoms with E-state index in [-0.39, 0.29) is 22.9 Å². The summed E-state index contributed by atoms with van der Waals surface area (Å²) in [6.07, 6.45) is 0.223. The average Bonchev–Trinajstić information content (AvgIpc) is 3.38. The lowest BCUT2D eigenvalue weighted by Crippen LogP contribution is -2.38. The smallest absolute Gasteiger partial charge is 0.416 e. The van der Waals surface area contributed by atoms with Gasteiger partial charge in [0.1, 0.15) is 6.04 Å². The molecule has 16 heteroatoms. The number of aromatic nitrogens is 4. The first-order chi connectivity index (χ1) is 21.6. The van der Waals surface area contributed by atoms with Crippen LogP contribution in [0.4, 0.5) is 24.8 Å². The summed E-state index contributed by atoms with van der Waals surface area (Å²) in [4.78, 5) is 27.9. The maximum atomic E-state index is 13.6. The molecule has 3 heterocycles. The number of H-pyrrole nitrogens is 1. The first-order valence-corrected chi connectivity index (χ1v) is 15.3. The summed E-state index contributed by atoms with van der Waals surface area (Å²) in [7, 11) is -2.73. The average molecular weight is 657 g/mol. The van der Waals surface area contributed by atoms with E-state index in [0.717, 1.165) is 12.1 Å². The highest BCUT2D eigenvalue weighted by Gasteiger charge is 2.41. The molecule has 0 saturated carbocycles. The molecule has 5 rings (SSSR count). The Morgan fingerprint density at radius 2 is 1.83 bits per heavy atom. The number of aryl methyl sites for hydroxylation is 2. The number of nitrogens with one attached hydrogen (secondary N) is 1. The van der Waals surface area contributed by atoms with Gasteiger partial charge in [-0.2, -0.15) is 18.4 Å². The van der Waals surface area contributed by atoms with Crippen LogP contribution in [0.15, 0.2) is 89.1 Å². The monoisotopic (exact) mass is 656 g/mol. The number of fused-ring (bicyclic) bond motifs is 1. The van der Waals surface area contributed by atoms with E-state index in [2.05, 4.69) is 16.3 Å². The van der Waals surface area contributed by atoms with Gasteiger partial charge in [0.2, 0.25) is 5.95 Å². The van der Waals surface area contributed by atoms with Crippen molar-refractivity contribution in [2.75, 3.05) is 18.3 Å². The first-order valence-electron chi connectivity index (χ1n) is 13.4. The van der Waals surface area contributed by atoms with Crippen LogP contribution in [0.25, 0.3) is 0 Å². The van der Waals surface area contributed by atoms with Crippen molar-refractivity contribution in [3.05, 3.63) is 117 Å². The van der Waals surface area contributed by atoms with Crippen molar-refractivity contribution in [3.63, 3.8) is 0 Å². The zero-order valence-electron chi connectivity index (χ0n) is 24.6. The fourth-order valence-electron chi connectivity index (χ4n) is 5.07. The third-order valence-corrected chi connectivity index (χ3v) is 6.96. The van der Waals surface area contributed by atoms with Crippen molar-refractivity contribution in [1.29, 1.82) is 5.26 Å². The standard InChI is InChI=1S/C29H23F3N6O3.CH4O3S/c1-18-24(26(39)41-2)25(23-10-9-19(17-33)15-20(23)11-14-36-12-4-3-5-13-36)38-27(34-35-28(38)40)37(18)22-8-6-7-21(16-22)29(30,31)32;1-5(2,3)4/h3-10,12-13,15-16,25H,11,14H2,1-2H3;1H3,(H,2,3,4). The van der Waals surface area contributed by atoms with Gasteiger partial charge >= 0.3 is 17.8 Å². The van der Waals surface area contributed by atoms with Gasteiger partial charge in [-0.15, -0.1) is 5.10 Å². The fraction of sp³-hybridized carbons (Fsp3) is 0.233. The quantitative estimate of drug-likeness (QED) is 0.186. The number of esters is 1. The molecule has 2 aromatic heterocycles. The van der Waals surface area contributed by atoms with E-state index in [9.17, 15) is 28.0 Å². The zero-order chi connectivity index (χ0) is 33.8. The van der Waals surface area contributed by atoms with E-state index >= 15 is 0 Å². The Kier molecular flexibility index (Phi) is 9.78. The van der Waals surface area contributed by atoms with Gasteiger partial charge in [0, 0.05) is 36.2 Å². The van der Waals surface area contributed by atoms with Gasteiger partial charge < -0.3 is 9.29 Å². The number of anilines is 2. The van der Waals surface area contributed by atoms with Crippen LogP contribution in [0, 0.1) is 11.3 Å². The largest absolute Gasteiger partial charge is 0.748 e. The third-order valence-electron chi connectivity index (χ3n) is 6.96. The van der Waals surface area contributed by atoms with Crippen LogP contribution in [0.5, 0.6) is 0 Å². The van der Waals surface area contributed by atoms with Gasteiger partial charge in [-0.1, -0.05) is 18.2 Å². The van der Waals surface area contributed by atoms with E-state index in [1.54, 1.807) is 25.1 Å². The fourth-order valence-corrected chi connectivity index (χ4v) is 5.07. The highest BCUT2D eigenvalue weighted by atomic mass is 32.2. The van der Waals surface area contributed by atoms with Crippen LogP contribution in [-0.4, -0.2) is 47.1 Å². The lowest BCUT2D eigenvalue weighted by molar-refractivity contribution is -0.696. The third kappa shape index (κ3) is 7.50. The molecule has 0 bridgehead atoms. The van der Waals surface area contributed by atoms with E-state index in [0.29, 0.717) is 35.9 Å². The number of pyridine rings is 1. The number of allylic oxidation sites excluding steroid dienone is 1. The molecule has 1 unspecified atom stereocenters. The summed E-state index contributed by atoms with van der Waals surface area (Å²) in [5, 5.41) is 16.1. The summed E-state index contributed by atoms with van der Waals surface area (Å²) in [5.74, 6) is -0.770. The Balaban J connectivity index is 0.000000892. The number of carbonyl (C=O) groups is 1. The topological polar surface area (TPSA) is 165 Å². The van der Waals surface area contributed by atoms with Crippen LogP contribution >= 0.6 is 0 Å². The molecule has 2 aromatic carbocycles. The predicted octanol–water partition coefficient (Wildman–Crippen LogP) is 3.34. The number of benzene rings is 2. The number of methoxy groups -OCH3 is 1. The van der Waals surface area contributed by atoms with Crippen molar-refractivity contribution in [3.8, 4) is 6.07 Å². The highest BCUT2D eigenvalue weighted by molar-refractivity contribution is 7.84. The Bertz CT molecular complexity index is 1990. The molecular formula is C30H27F3N6O6S. The molecule has 46 heavy (non-hydrogen) atoms. The molecule has 0 aliphatic carbocycles. The van der Waals surface area contributed by atoms with Crippen LogP contribution in [0.2, 0.25) is 0 Å². The van der Waals surface area contributed by atoms with Crippen LogP contribution < -0.4 is 15.2 Å². The number of carbonyl (C=O) groups excluding carboxylic acids is 1. The number of alkyl halides is 3. The number of hydrogen-bond acceptors (Lipinski definition) is 9. The van der Waals surface area contributed by atoms with Crippen molar-refractivity contribution >= 4 is 27.7 Å². The van der Waals surface area contributed by atoms with Crippen molar-refractivity contribution in [2.24, 2.45) is 0 Å². The SMILES string of the molecule is COC(=O)C1=C(C)N(c2cccc(C(F)(F)F)c2)c2n[nH]c(=O)n2C1c1ccc(C#N)cc1CC[n+]1ccccc1.CS(=O)(=O)[O-]. The van der Waals surface area contributed by atoms with Gasteiger partial charge in [-0.05, 0) is 48.4 Å². The lowest BCUT2D eigenvalue weighted by atomic mass is 9.89. The number of halogens is 3. The van der Waals surface area contributed by atoms with E-state index < -0.39 is 39.6 Å². The Hall–Kier alpha value is -5.27. The molecule has 1 aliphatic heterocycles. The molecule has 0 radical (unpaired) electrons. The molecule has 4 aromatic rings. The second-order valence-corrected chi connectivity index (χ2v) is 11.5. The molecule has 0 amide bonds. The predicted molar refractivity (Wildman–Crippen MR) is 156 cm³/mol. The van der Waals surface area contributed by atoms with E-state index in [1.807, 2.05) is 35.2 Å². The van der Waals surface area contributed by atoms with Crippen molar-refractivity contribution in [2.45, 2.75) is 32.1 Å². The second-order valence-electron chi connectivity index (χ2n) is 10.1. The minimum absolute atomic E-state index is 0.00257. The Morgan fingerprint density at radius 3 is 2.43 bits per heavy atom. The van der Waals surface area contributed by atoms with Crippen molar-refractivity contribution < 1.29 is 40.2 Å². The highest BCUT2D eigenvalue weighted by Crippen LogP contribution is 2.43. The zero-order valence-corrected chi connectivity index (χ0v) is 25.5. The van der Waals surface area contributed by atoms with Crippen LogP contribution in [-0.2, 0) is 38.8 Å². The number of hydrogen-bond donors (Lipinski definition) is 1. The number of rotatable bonds is 6. The molecular weight excluding hydrogens is 629 g/mol. The molecule has 12 nitrogen and oxygen atoms in total. The number of ether oxygens (including phenoxy) is 1. The van der Waals surface area contributed by atoms with E-state index in [1.165, 1.54) is 28.7 Å². The minimum atomic E-state index is -4.61. The summed E-state index contributed by atoms with van der Waals surface area (Å²) in [6, 6.07) is 16.2. The molecule has 0 spiro atoms. The van der Waals surface area contributed by atoms with E-state index in [4.69, 9.17) is 17.7 Å². The number of nitriles is 1. The Morgan fingerprint density at radius 1 is 1.15 bits per heavy atom. The Labute approximate surface area is 261 Å².